The van der Waals surface area contributed by atoms with Crippen LogP contribution in [-0.2, 0) is 14.3 Å². The third kappa shape index (κ3) is 8.64. The van der Waals surface area contributed by atoms with E-state index in [9.17, 15) is 14.4 Å². The molecule has 0 radical (unpaired) electrons. The second-order valence-corrected chi connectivity index (χ2v) is 10.3. The van der Waals surface area contributed by atoms with Crippen molar-refractivity contribution in [3.05, 3.63) is 0 Å². The second kappa shape index (κ2) is 12.4. The number of nitrogens with zero attached hydrogens (tertiary/aromatic N) is 2. The van der Waals surface area contributed by atoms with Crippen molar-refractivity contribution < 1.29 is 20.5 Å². The Bertz CT molecular complexity index is 507. The van der Waals surface area contributed by atoms with Crippen molar-refractivity contribution in [3.63, 3.8) is 0 Å². The molecule has 0 saturated carbocycles. The molecule has 0 aliphatic heterocycles. The van der Waals surface area contributed by atoms with Crippen molar-refractivity contribution in [2.24, 2.45) is 11.8 Å². The van der Waals surface area contributed by atoms with E-state index in [1.54, 1.807) is 42.7 Å². The van der Waals surface area contributed by atoms with E-state index in [1.807, 2.05) is 40.9 Å². The van der Waals surface area contributed by atoms with Crippen molar-refractivity contribution in [1.82, 2.24) is 15.1 Å². The van der Waals surface area contributed by atoms with Crippen LogP contribution in [0.15, 0.2) is 0 Å². The predicted molar refractivity (Wildman–Crippen MR) is 116 cm³/mol. The first-order valence-corrected chi connectivity index (χ1v) is 11.7. The molecule has 0 heterocycles. The first-order valence-electron chi connectivity index (χ1n) is 9.04. The summed E-state index contributed by atoms with van der Waals surface area (Å²) in [6, 6.07) is -1.37. The highest BCUT2D eigenvalue weighted by atomic mass is 33.1. The monoisotopic (exact) mass is 423 g/mol. The lowest BCUT2D eigenvalue weighted by molar-refractivity contribution is -0.137. The zero-order valence-corrected chi connectivity index (χ0v) is 19.6. The molecule has 3 atom stereocenters. The standard InChI is InChI=1S/C18H35N3O4S2.H2/c1-11(2)14(17(23)20(6)7)19-16(22)15(12(3)4)21(8)18(24)25-10-13(5)27-26-9;/h11-15H,10H2,1-9H3,(H,19,22);1H/t13-,14+,15+;/m1./s1. The third-order valence-electron chi connectivity index (χ3n) is 3.98. The molecular weight excluding hydrogens is 386 g/mol. The number of ether oxygens (including phenoxy) is 1. The Morgan fingerprint density at radius 2 is 1.59 bits per heavy atom. The van der Waals surface area contributed by atoms with Gasteiger partial charge in [-0.1, -0.05) is 49.3 Å². The summed E-state index contributed by atoms with van der Waals surface area (Å²) in [6.45, 7) is 9.71. The van der Waals surface area contributed by atoms with Crippen LogP contribution in [0.2, 0.25) is 0 Å². The Balaban J connectivity index is 0. The van der Waals surface area contributed by atoms with Crippen LogP contribution in [0, 0.1) is 11.8 Å². The topological polar surface area (TPSA) is 79.0 Å². The molecule has 27 heavy (non-hydrogen) atoms. The molecule has 1 N–H and O–H groups in total. The largest absolute Gasteiger partial charge is 0.448 e. The van der Waals surface area contributed by atoms with Gasteiger partial charge in [0.05, 0.1) is 0 Å². The Morgan fingerprint density at radius 3 is 2.00 bits per heavy atom. The van der Waals surface area contributed by atoms with Gasteiger partial charge in [-0.15, -0.1) is 0 Å². The van der Waals surface area contributed by atoms with Gasteiger partial charge in [-0.05, 0) is 25.0 Å². The highest BCUT2D eigenvalue weighted by molar-refractivity contribution is 8.76. The van der Waals surface area contributed by atoms with Crippen LogP contribution in [-0.4, -0.2) is 79.0 Å². The van der Waals surface area contributed by atoms with Crippen molar-refractivity contribution >= 4 is 39.5 Å². The maximum atomic E-state index is 12.9. The maximum absolute atomic E-state index is 12.9. The molecule has 0 aromatic heterocycles. The molecule has 0 aromatic carbocycles. The molecule has 0 saturated heterocycles. The molecule has 7 nitrogen and oxygen atoms in total. The van der Waals surface area contributed by atoms with Gasteiger partial charge in [0.1, 0.15) is 18.7 Å². The lowest BCUT2D eigenvalue weighted by atomic mass is 9.99. The van der Waals surface area contributed by atoms with E-state index in [0.717, 1.165) is 0 Å². The van der Waals surface area contributed by atoms with Crippen LogP contribution in [0.25, 0.3) is 0 Å². The van der Waals surface area contributed by atoms with E-state index in [2.05, 4.69) is 5.32 Å². The average molecular weight is 424 g/mol. The Kier molecular flexibility index (Phi) is 11.9. The number of nitrogens with one attached hydrogen (secondary N) is 1. The molecule has 0 aliphatic rings. The molecule has 9 heteroatoms. The molecule has 0 spiro atoms. The summed E-state index contributed by atoms with van der Waals surface area (Å²) >= 11 is 0. The minimum atomic E-state index is -0.725. The summed E-state index contributed by atoms with van der Waals surface area (Å²) in [4.78, 5) is 40.4. The van der Waals surface area contributed by atoms with Crippen molar-refractivity contribution in [1.29, 1.82) is 0 Å². The van der Waals surface area contributed by atoms with E-state index >= 15 is 0 Å². The molecule has 0 bridgehead atoms. The fraction of sp³-hybridized carbons (Fsp3) is 0.833. The number of hydrogen-bond donors (Lipinski definition) is 1. The Hall–Kier alpha value is -1.09. The van der Waals surface area contributed by atoms with Crippen LogP contribution in [0.1, 0.15) is 36.0 Å². The van der Waals surface area contributed by atoms with Crippen LogP contribution < -0.4 is 5.32 Å². The van der Waals surface area contributed by atoms with Crippen molar-refractivity contribution in [2.75, 3.05) is 34.0 Å². The molecule has 3 amide bonds. The molecule has 0 fully saturated rings. The van der Waals surface area contributed by atoms with E-state index in [1.165, 1.54) is 9.80 Å². The quantitative estimate of drug-likeness (QED) is 0.544. The Morgan fingerprint density at radius 1 is 1.04 bits per heavy atom. The minimum Gasteiger partial charge on any atom is -0.448 e. The number of hydrogen-bond acceptors (Lipinski definition) is 6. The van der Waals surface area contributed by atoms with Gasteiger partial charge in [0.2, 0.25) is 11.8 Å². The van der Waals surface area contributed by atoms with Crippen LogP contribution in [0.4, 0.5) is 4.79 Å². The van der Waals surface area contributed by atoms with E-state index in [4.69, 9.17) is 4.74 Å². The number of carbonyl (C=O) groups is 3. The number of rotatable bonds is 10. The van der Waals surface area contributed by atoms with Gasteiger partial charge < -0.3 is 15.0 Å². The zero-order chi connectivity index (χ0) is 21.3. The first-order chi connectivity index (χ1) is 12.4. The molecule has 0 aliphatic carbocycles. The van der Waals surface area contributed by atoms with Crippen molar-refractivity contribution in [3.8, 4) is 0 Å². The third-order valence-corrected chi connectivity index (χ3v) is 6.20. The number of amides is 3. The smallest absolute Gasteiger partial charge is 0.410 e. The maximum Gasteiger partial charge on any atom is 0.410 e. The number of likely N-dealkylation sites (N-methyl/N-ethyl adjacent to an activating group) is 2. The molecule has 0 unspecified atom stereocenters. The van der Waals surface area contributed by atoms with Gasteiger partial charge in [-0.25, -0.2) is 4.79 Å². The lowest BCUT2D eigenvalue weighted by Gasteiger charge is -2.32. The highest BCUT2D eigenvalue weighted by Gasteiger charge is 2.34. The fourth-order valence-corrected chi connectivity index (χ4v) is 4.16. The average Bonchev–Trinajstić information content (AvgIpc) is 2.56. The Labute approximate surface area is 173 Å². The lowest BCUT2D eigenvalue weighted by Crippen LogP contribution is -2.57. The normalized spacial score (nSPS) is 14.5. The van der Waals surface area contributed by atoms with E-state index in [-0.39, 0.29) is 36.9 Å². The highest BCUT2D eigenvalue weighted by Crippen LogP contribution is 2.23. The summed E-state index contributed by atoms with van der Waals surface area (Å²) < 4.78 is 5.34. The number of carbonyl (C=O) groups excluding carboxylic acids is 3. The van der Waals surface area contributed by atoms with Gasteiger partial charge in [-0.3, -0.25) is 14.5 Å². The summed E-state index contributed by atoms with van der Waals surface area (Å²) in [7, 11) is 8.10. The SMILES string of the molecule is CSS[C@H](C)COC(=O)N(C)[C@H](C(=O)N[C@H](C(=O)N(C)C)C(C)C)C(C)C.[HH]. The molecule has 0 rings (SSSR count). The zero-order valence-electron chi connectivity index (χ0n) is 17.9. The van der Waals surface area contributed by atoms with Crippen LogP contribution in [0.5, 0.6) is 0 Å². The van der Waals surface area contributed by atoms with E-state index < -0.39 is 18.2 Å². The van der Waals surface area contributed by atoms with Gasteiger partial charge in [0.15, 0.2) is 0 Å². The summed E-state index contributed by atoms with van der Waals surface area (Å²) in [5.41, 5.74) is 0. The predicted octanol–water partition coefficient (Wildman–Crippen LogP) is 2.95. The van der Waals surface area contributed by atoms with Gasteiger partial charge in [0, 0.05) is 27.8 Å². The second-order valence-electron chi connectivity index (χ2n) is 7.41. The van der Waals surface area contributed by atoms with Crippen molar-refractivity contribution in [2.45, 2.75) is 52.0 Å². The first kappa shape index (κ1) is 25.9. The van der Waals surface area contributed by atoms with Crippen LogP contribution in [0.3, 0.4) is 0 Å². The van der Waals surface area contributed by atoms with E-state index in [0.29, 0.717) is 0 Å². The summed E-state index contributed by atoms with van der Waals surface area (Å²) in [5.74, 6) is -0.736. The molecule has 160 valence electrons. The fourth-order valence-electron chi connectivity index (χ4n) is 2.55. The van der Waals surface area contributed by atoms with Gasteiger partial charge in [-0.2, -0.15) is 0 Å². The van der Waals surface area contributed by atoms with Gasteiger partial charge >= 0.3 is 6.09 Å². The van der Waals surface area contributed by atoms with Crippen LogP contribution >= 0.6 is 21.6 Å². The minimum absolute atomic E-state index is 0. The summed E-state index contributed by atoms with van der Waals surface area (Å²) in [5, 5.41) is 2.97. The van der Waals surface area contributed by atoms with Gasteiger partial charge in [0.25, 0.3) is 0 Å². The molecule has 0 aromatic rings. The molecular formula is C18H37N3O4S2. The summed E-state index contributed by atoms with van der Waals surface area (Å²) in [6.07, 6.45) is 1.42.